The van der Waals surface area contributed by atoms with Gasteiger partial charge in [0.25, 0.3) is 5.56 Å². The van der Waals surface area contributed by atoms with E-state index in [1.54, 1.807) is 0 Å². The van der Waals surface area contributed by atoms with Gasteiger partial charge < -0.3 is 19.5 Å². The first-order chi connectivity index (χ1) is 17.5. The number of hydrogen-bond donors (Lipinski definition) is 1. The van der Waals surface area contributed by atoms with E-state index in [1.807, 2.05) is 58.0 Å². The van der Waals surface area contributed by atoms with Gasteiger partial charge in [-0.05, 0) is 49.6 Å². The van der Waals surface area contributed by atoms with E-state index in [0.717, 1.165) is 44.0 Å². The number of nitrogens with zero attached hydrogens (tertiary/aromatic N) is 4. The van der Waals surface area contributed by atoms with E-state index in [9.17, 15) is 14.7 Å². The number of rotatable bonds is 6. The molecule has 7 heteroatoms. The van der Waals surface area contributed by atoms with E-state index in [4.69, 9.17) is 0 Å². The van der Waals surface area contributed by atoms with Gasteiger partial charge in [0.15, 0.2) is 0 Å². The fourth-order valence-corrected chi connectivity index (χ4v) is 6.50. The lowest BCUT2D eigenvalue weighted by atomic mass is 9.88. The predicted molar refractivity (Wildman–Crippen MR) is 140 cm³/mol. The van der Waals surface area contributed by atoms with E-state index in [1.165, 1.54) is 12.8 Å². The summed E-state index contributed by atoms with van der Waals surface area (Å²) in [5, 5.41) is 10.5. The summed E-state index contributed by atoms with van der Waals surface area (Å²) in [7, 11) is 2.09. The Kier molecular flexibility index (Phi) is 6.32. The van der Waals surface area contributed by atoms with Crippen LogP contribution in [0.5, 0.6) is 0 Å². The number of amides is 1. The maximum Gasteiger partial charge on any atom is 0.258 e. The zero-order chi connectivity index (χ0) is 24.8. The smallest absolute Gasteiger partial charge is 0.258 e. The van der Waals surface area contributed by atoms with Crippen LogP contribution in [0.25, 0.3) is 12.2 Å². The van der Waals surface area contributed by atoms with Crippen LogP contribution in [0.3, 0.4) is 0 Å². The molecule has 7 nitrogen and oxygen atoms in total. The zero-order valence-corrected chi connectivity index (χ0v) is 21.0. The third-order valence-corrected chi connectivity index (χ3v) is 8.71. The zero-order valence-electron chi connectivity index (χ0n) is 21.0. The van der Waals surface area contributed by atoms with Gasteiger partial charge in [-0.3, -0.25) is 14.5 Å². The molecule has 1 amide bonds. The van der Waals surface area contributed by atoms with Crippen molar-refractivity contribution in [1.82, 2.24) is 19.3 Å². The molecule has 3 aliphatic heterocycles. The number of likely N-dealkylation sites (tertiary alicyclic amines) is 1. The number of aliphatic hydroxyl groups excluding tert-OH is 1. The lowest BCUT2D eigenvalue weighted by molar-refractivity contribution is -0.140. The second kappa shape index (κ2) is 9.61. The molecule has 0 bridgehead atoms. The van der Waals surface area contributed by atoms with Crippen LogP contribution in [0.4, 0.5) is 0 Å². The third kappa shape index (κ3) is 4.23. The summed E-state index contributed by atoms with van der Waals surface area (Å²) in [5.41, 5.74) is 2.73. The van der Waals surface area contributed by atoms with Crippen molar-refractivity contribution in [2.75, 3.05) is 46.4 Å². The lowest BCUT2D eigenvalue weighted by Crippen LogP contribution is -2.55. The number of hydrogen-bond acceptors (Lipinski definition) is 5. The van der Waals surface area contributed by atoms with Gasteiger partial charge in [-0.1, -0.05) is 36.4 Å². The van der Waals surface area contributed by atoms with Crippen molar-refractivity contribution in [1.29, 1.82) is 0 Å². The van der Waals surface area contributed by atoms with Gasteiger partial charge >= 0.3 is 0 Å². The van der Waals surface area contributed by atoms with Gasteiger partial charge in [-0.15, -0.1) is 0 Å². The summed E-state index contributed by atoms with van der Waals surface area (Å²) >= 11 is 0. The summed E-state index contributed by atoms with van der Waals surface area (Å²) in [6.45, 7) is 4.64. The Morgan fingerprint density at radius 3 is 2.47 bits per heavy atom. The first-order valence-electron chi connectivity index (χ1n) is 13.4. The molecule has 0 spiro atoms. The average Bonchev–Trinajstić information content (AvgIpc) is 3.56. The third-order valence-electron chi connectivity index (χ3n) is 8.71. The molecule has 1 saturated carbocycles. The monoisotopic (exact) mass is 488 g/mol. The van der Waals surface area contributed by atoms with Gasteiger partial charge in [0.2, 0.25) is 5.91 Å². The van der Waals surface area contributed by atoms with E-state index in [0.29, 0.717) is 18.0 Å². The van der Waals surface area contributed by atoms with Crippen molar-refractivity contribution in [3.05, 3.63) is 69.6 Å². The fraction of sp³-hybridized carbons (Fsp3) is 0.517. The number of likely N-dealkylation sites (N-methyl/N-ethyl adjacent to an activating group) is 1. The minimum Gasteiger partial charge on any atom is -0.396 e. The SMILES string of the molecule is CN1CCN(C(=O)[C@H]2[C@H](CO)[C@H]3Cn4c(ccc(/C=C/c5ccccc5)c4=O)[C@H]3N2CC2CC2)CC1. The standard InChI is InChI=1S/C29H36N4O3/c1-30-13-15-31(16-14-30)29(36)27-24(19-34)23-18-32-25(26(23)33(27)17-21-7-8-21)12-11-22(28(32)35)10-9-20-5-3-2-4-6-20/h2-6,9-12,21,23-24,26-27,34H,7-8,13-19H2,1H3/b10-9+/t23-,24-,26+,27-/m1/s1. The van der Waals surface area contributed by atoms with E-state index < -0.39 is 0 Å². The van der Waals surface area contributed by atoms with Crippen LogP contribution in [0.15, 0.2) is 47.3 Å². The van der Waals surface area contributed by atoms with Crippen LogP contribution in [0, 0.1) is 17.8 Å². The topological polar surface area (TPSA) is 69.0 Å². The molecular formula is C29H36N4O3. The summed E-state index contributed by atoms with van der Waals surface area (Å²) in [6, 6.07) is 13.7. The maximum atomic E-state index is 13.8. The van der Waals surface area contributed by atoms with Gasteiger partial charge in [0.05, 0.1) is 12.1 Å². The molecule has 36 heavy (non-hydrogen) atoms. The number of carbonyl (C=O) groups is 1. The molecule has 2 aromatic rings. The number of pyridine rings is 1. The van der Waals surface area contributed by atoms with Crippen LogP contribution < -0.4 is 5.56 Å². The minimum atomic E-state index is -0.310. The second-order valence-corrected chi connectivity index (χ2v) is 11.0. The quantitative estimate of drug-likeness (QED) is 0.675. The highest BCUT2D eigenvalue weighted by Gasteiger charge is 2.56. The molecule has 3 fully saturated rings. The molecule has 1 aromatic heterocycles. The van der Waals surface area contributed by atoms with Crippen molar-refractivity contribution in [3.8, 4) is 0 Å². The normalized spacial score (nSPS) is 28.6. The minimum absolute atomic E-state index is 0.00372. The molecule has 0 unspecified atom stereocenters. The second-order valence-electron chi connectivity index (χ2n) is 11.0. The highest BCUT2D eigenvalue weighted by Crippen LogP contribution is 2.51. The summed E-state index contributed by atoms with van der Waals surface area (Å²) in [5.74, 6) is 0.674. The fourth-order valence-electron chi connectivity index (χ4n) is 6.50. The van der Waals surface area contributed by atoms with Crippen LogP contribution in [-0.2, 0) is 11.3 Å². The van der Waals surface area contributed by atoms with Gasteiger partial charge in [0, 0.05) is 69.0 Å². The highest BCUT2D eigenvalue weighted by atomic mass is 16.3. The summed E-state index contributed by atoms with van der Waals surface area (Å²) < 4.78 is 1.90. The van der Waals surface area contributed by atoms with Crippen molar-refractivity contribution in [2.24, 2.45) is 17.8 Å². The molecule has 4 heterocycles. The van der Waals surface area contributed by atoms with E-state index >= 15 is 0 Å². The van der Waals surface area contributed by atoms with E-state index in [-0.39, 0.29) is 42.0 Å². The number of aromatic nitrogens is 1. The molecule has 1 N–H and O–H groups in total. The van der Waals surface area contributed by atoms with Crippen molar-refractivity contribution < 1.29 is 9.90 Å². The van der Waals surface area contributed by atoms with Gasteiger partial charge in [0.1, 0.15) is 0 Å². The largest absolute Gasteiger partial charge is 0.396 e. The number of benzene rings is 1. The molecule has 1 aliphatic carbocycles. The van der Waals surface area contributed by atoms with Crippen LogP contribution >= 0.6 is 0 Å². The molecule has 6 rings (SSSR count). The molecule has 4 aliphatic rings. The Labute approximate surface area is 212 Å². The van der Waals surface area contributed by atoms with Crippen molar-refractivity contribution in [2.45, 2.75) is 31.5 Å². The molecule has 1 aromatic carbocycles. The Bertz CT molecular complexity index is 1200. The van der Waals surface area contributed by atoms with Crippen molar-refractivity contribution in [3.63, 3.8) is 0 Å². The van der Waals surface area contributed by atoms with Crippen LogP contribution in [0.2, 0.25) is 0 Å². The number of aliphatic hydroxyl groups is 1. The molecular weight excluding hydrogens is 452 g/mol. The van der Waals surface area contributed by atoms with Crippen LogP contribution in [0.1, 0.15) is 35.7 Å². The first kappa shape index (κ1) is 23.6. The Morgan fingerprint density at radius 1 is 1.03 bits per heavy atom. The van der Waals surface area contributed by atoms with Gasteiger partial charge in [-0.25, -0.2) is 0 Å². The molecule has 190 valence electrons. The molecule has 2 saturated heterocycles. The Balaban J connectivity index is 1.32. The number of piperazine rings is 1. The van der Waals surface area contributed by atoms with Crippen molar-refractivity contribution >= 4 is 18.1 Å². The summed E-state index contributed by atoms with van der Waals surface area (Å²) in [6.07, 6.45) is 6.26. The predicted octanol–water partition coefficient (Wildman–Crippen LogP) is 2.17. The molecule has 0 radical (unpaired) electrons. The number of carbonyl (C=O) groups excluding carboxylic acids is 1. The lowest BCUT2D eigenvalue weighted by Gasteiger charge is -2.38. The van der Waals surface area contributed by atoms with E-state index in [2.05, 4.69) is 22.9 Å². The molecule has 4 atom stereocenters. The number of fused-ring (bicyclic) bond motifs is 3. The average molecular weight is 489 g/mol. The Hall–Kier alpha value is -2.74. The highest BCUT2D eigenvalue weighted by molar-refractivity contribution is 5.83. The van der Waals surface area contributed by atoms with Crippen LogP contribution in [-0.4, -0.2) is 82.7 Å². The first-order valence-corrected chi connectivity index (χ1v) is 13.4. The Morgan fingerprint density at radius 2 is 1.78 bits per heavy atom. The summed E-state index contributed by atoms with van der Waals surface area (Å²) in [4.78, 5) is 34.0. The van der Waals surface area contributed by atoms with Gasteiger partial charge in [-0.2, -0.15) is 0 Å². The maximum absolute atomic E-state index is 13.8.